The number of hydrogen-bond donors (Lipinski definition) is 2. The largest absolute Gasteiger partial charge is 0.383 e. The van der Waals surface area contributed by atoms with Crippen LogP contribution in [0.15, 0.2) is 4.79 Å². The topological polar surface area (TPSA) is 71.8 Å². The molecule has 0 bridgehead atoms. The number of anilines is 1. The average molecular weight is 263 g/mol. The molecule has 0 spiro atoms. The molecule has 0 saturated heterocycles. The smallest absolute Gasteiger partial charge is 0.256 e. The molecule has 1 aliphatic rings. The SMILES string of the molecule is CCCC1CCC(c2nc(N)c(CC)c(=O)[nH]2)CC1. The van der Waals surface area contributed by atoms with E-state index in [2.05, 4.69) is 16.9 Å². The molecule has 1 saturated carbocycles. The monoisotopic (exact) mass is 263 g/mol. The third-order valence-electron chi connectivity index (χ3n) is 4.35. The van der Waals surface area contributed by atoms with Gasteiger partial charge in [0, 0.05) is 5.92 Å². The molecule has 1 aromatic rings. The summed E-state index contributed by atoms with van der Waals surface area (Å²) in [6.45, 7) is 4.17. The van der Waals surface area contributed by atoms with Gasteiger partial charge in [-0.15, -0.1) is 0 Å². The summed E-state index contributed by atoms with van der Waals surface area (Å²) in [6, 6.07) is 0. The van der Waals surface area contributed by atoms with Crippen molar-refractivity contribution in [3.8, 4) is 0 Å². The molecule has 2 rings (SSSR count). The van der Waals surface area contributed by atoms with Gasteiger partial charge >= 0.3 is 0 Å². The van der Waals surface area contributed by atoms with Crippen molar-refractivity contribution >= 4 is 5.82 Å². The quantitative estimate of drug-likeness (QED) is 0.877. The molecule has 1 fully saturated rings. The van der Waals surface area contributed by atoms with E-state index in [1.54, 1.807) is 0 Å². The summed E-state index contributed by atoms with van der Waals surface area (Å²) >= 11 is 0. The van der Waals surface area contributed by atoms with E-state index in [9.17, 15) is 4.79 Å². The first-order valence-electron chi connectivity index (χ1n) is 7.54. The number of nitrogens with one attached hydrogen (secondary N) is 1. The molecule has 106 valence electrons. The minimum atomic E-state index is -0.0549. The molecule has 0 aliphatic heterocycles. The van der Waals surface area contributed by atoms with Crippen molar-refractivity contribution in [2.75, 3.05) is 5.73 Å². The van der Waals surface area contributed by atoms with E-state index in [1.165, 1.54) is 25.7 Å². The van der Waals surface area contributed by atoms with Gasteiger partial charge in [-0.3, -0.25) is 4.79 Å². The Morgan fingerprint density at radius 1 is 1.26 bits per heavy atom. The van der Waals surface area contributed by atoms with Crippen molar-refractivity contribution in [3.63, 3.8) is 0 Å². The lowest BCUT2D eigenvalue weighted by Gasteiger charge is -2.27. The Kier molecular flexibility index (Phi) is 4.61. The van der Waals surface area contributed by atoms with Gasteiger partial charge in [-0.25, -0.2) is 4.98 Å². The van der Waals surface area contributed by atoms with E-state index in [0.29, 0.717) is 23.7 Å². The van der Waals surface area contributed by atoms with Crippen LogP contribution in [-0.4, -0.2) is 9.97 Å². The Morgan fingerprint density at radius 2 is 1.95 bits per heavy atom. The van der Waals surface area contributed by atoms with Crippen molar-refractivity contribution in [1.29, 1.82) is 0 Å². The molecule has 1 aromatic heterocycles. The summed E-state index contributed by atoms with van der Waals surface area (Å²) in [6.07, 6.45) is 7.97. The van der Waals surface area contributed by atoms with Crippen molar-refractivity contribution in [3.05, 3.63) is 21.7 Å². The highest BCUT2D eigenvalue weighted by Gasteiger charge is 2.24. The molecule has 0 unspecified atom stereocenters. The highest BCUT2D eigenvalue weighted by atomic mass is 16.1. The zero-order valence-corrected chi connectivity index (χ0v) is 12.0. The number of nitrogen functional groups attached to an aromatic ring is 1. The Hall–Kier alpha value is -1.32. The fourth-order valence-corrected chi connectivity index (χ4v) is 3.20. The highest BCUT2D eigenvalue weighted by Crippen LogP contribution is 2.36. The summed E-state index contributed by atoms with van der Waals surface area (Å²) in [5.74, 6) is 2.46. The standard InChI is InChI=1S/C15H25N3O/c1-3-5-10-6-8-11(9-7-10)14-17-13(16)12(4-2)15(19)18-14/h10-11H,3-9H2,1-2H3,(H3,16,17,18,19). The maximum Gasteiger partial charge on any atom is 0.256 e. The van der Waals surface area contributed by atoms with E-state index in [1.807, 2.05) is 6.92 Å². The van der Waals surface area contributed by atoms with Gasteiger partial charge in [0.2, 0.25) is 0 Å². The van der Waals surface area contributed by atoms with Crippen LogP contribution in [0.5, 0.6) is 0 Å². The number of nitrogens with zero attached hydrogens (tertiary/aromatic N) is 1. The molecule has 1 aliphatic carbocycles. The second-order valence-electron chi connectivity index (χ2n) is 5.67. The van der Waals surface area contributed by atoms with Crippen molar-refractivity contribution < 1.29 is 0 Å². The number of hydrogen-bond acceptors (Lipinski definition) is 3. The lowest BCUT2D eigenvalue weighted by Crippen LogP contribution is -2.23. The van der Waals surface area contributed by atoms with Gasteiger partial charge in [-0.05, 0) is 38.0 Å². The molecule has 3 N–H and O–H groups in total. The summed E-state index contributed by atoms with van der Waals surface area (Å²) in [5.41, 5.74) is 6.44. The third kappa shape index (κ3) is 3.17. The number of H-pyrrole nitrogens is 1. The lowest BCUT2D eigenvalue weighted by atomic mass is 9.80. The first-order chi connectivity index (χ1) is 9.15. The Morgan fingerprint density at radius 3 is 2.47 bits per heavy atom. The van der Waals surface area contributed by atoms with Crippen molar-refractivity contribution in [2.24, 2.45) is 5.92 Å². The Bertz CT molecular complexity index is 473. The maximum absolute atomic E-state index is 11.9. The maximum atomic E-state index is 11.9. The van der Waals surface area contributed by atoms with Crippen LogP contribution in [0.25, 0.3) is 0 Å². The van der Waals surface area contributed by atoms with Gasteiger partial charge < -0.3 is 10.7 Å². The van der Waals surface area contributed by atoms with Crippen LogP contribution >= 0.6 is 0 Å². The minimum Gasteiger partial charge on any atom is -0.383 e. The highest BCUT2D eigenvalue weighted by molar-refractivity contribution is 5.37. The van der Waals surface area contributed by atoms with E-state index in [0.717, 1.165) is 24.6 Å². The molecule has 4 nitrogen and oxygen atoms in total. The second-order valence-corrected chi connectivity index (χ2v) is 5.67. The fourth-order valence-electron chi connectivity index (χ4n) is 3.20. The number of rotatable bonds is 4. The summed E-state index contributed by atoms with van der Waals surface area (Å²) in [5, 5.41) is 0. The zero-order valence-electron chi connectivity index (χ0n) is 12.0. The zero-order chi connectivity index (χ0) is 13.8. The number of nitrogens with two attached hydrogens (primary N) is 1. The van der Waals surface area contributed by atoms with Crippen LogP contribution in [-0.2, 0) is 6.42 Å². The second kappa shape index (κ2) is 6.22. The molecular weight excluding hydrogens is 238 g/mol. The fraction of sp³-hybridized carbons (Fsp3) is 0.733. The molecule has 19 heavy (non-hydrogen) atoms. The number of aromatic amines is 1. The van der Waals surface area contributed by atoms with Crippen LogP contribution in [0.4, 0.5) is 5.82 Å². The summed E-state index contributed by atoms with van der Waals surface area (Å²) in [4.78, 5) is 19.3. The average Bonchev–Trinajstić information content (AvgIpc) is 2.39. The van der Waals surface area contributed by atoms with Gasteiger partial charge in [0.05, 0.1) is 5.56 Å². The van der Waals surface area contributed by atoms with E-state index >= 15 is 0 Å². The van der Waals surface area contributed by atoms with Crippen LogP contribution < -0.4 is 11.3 Å². The Balaban J connectivity index is 2.10. The summed E-state index contributed by atoms with van der Waals surface area (Å²) in [7, 11) is 0. The van der Waals surface area contributed by atoms with Gasteiger partial charge in [0.25, 0.3) is 5.56 Å². The van der Waals surface area contributed by atoms with E-state index in [4.69, 9.17) is 5.73 Å². The van der Waals surface area contributed by atoms with Gasteiger partial charge in [0.15, 0.2) is 0 Å². The predicted octanol–water partition coefficient (Wildman–Crippen LogP) is 2.99. The molecular formula is C15H25N3O. The van der Waals surface area contributed by atoms with Crippen molar-refractivity contribution in [2.45, 2.75) is 64.7 Å². The van der Waals surface area contributed by atoms with Crippen molar-refractivity contribution in [1.82, 2.24) is 9.97 Å². The molecule has 0 atom stereocenters. The Labute approximate surface area is 114 Å². The first-order valence-corrected chi connectivity index (χ1v) is 7.54. The predicted molar refractivity (Wildman–Crippen MR) is 78.3 cm³/mol. The normalized spacial score (nSPS) is 23.5. The summed E-state index contributed by atoms with van der Waals surface area (Å²) < 4.78 is 0. The van der Waals surface area contributed by atoms with Gasteiger partial charge in [-0.1, -0.05) is 26.7 Å². The number of aromatic nitrogens is 2. The van der Waals surface area contributed by atoms with Crippen LogP contribution in [0.3, 0.4) is 0 Å². The molecule has 1 heterocycles. The van der Waals surface area contributed by atoms with Crippen LogP contribution in [0.2, 0.25) is 0 Å². The van der Waals surface area contributed by atoms with Gasteiger partial charge in [-0.2, -0.15) is 0 Å². The third-order valence-corrected chi connectivity index (χ3v) is 4.35. The molecule has 0 amide bonds. The first kappa shape index (κ1) is 14.1. The van der Waals surface area contributed by atoms with Crippen LogP contribution in [0.1, 0.15) is 69.7 Å². The molecule has 4 heteroatoms. The van der Waals surface area contributed by atoms with E-state index in [-0.39, 0.29) is 5.56 Å². The van der Waals surface area contributed by atoms with Crippen LogP contribution in [0, 0.1) is 5.92 Å². The van der Waals surface area contributed by atoms with E-state index < -0.39 is 0 Å². The molecule has 0 radical (unpaired) electrons. The minimum absolute atomic E-state index is 0.0549. The lowest BCUT2D eigenvalue weighted by molar-refractivity contribution is 0.302. The molecule has 0 aromatic carbocycles. The van der Waals surface area contributed by atoms with Gasteiger partial charge in [0.1, 0.15) is 11.6 Å².